The van der Waals surface area contributed by atoms with Gasteiger partial charge in [-0.05, 0) is 24.6 Å². The highest BCUT2D eigenvalue weighted by atomic mass is 35.5. The van der Waals surface area contributed by atoms with Crippen molar-refractivity contribution in [2.75, 3.05) is 25.5 Å². The third-order valence-corrected chi connectivity index (χ3v) is 2.51. The zero-order chi connectivity index (χ0) is 14.1. The molecule has 0 aliphatic carbocycles. The number of ether oxygens (including phenoxy) is 1. The van der Waals surface area contributed by atoms with Gasteiger partial charge in [-0.3, -0.25) is 4.79 Å². The van der Waals surface area contributed by atoms with E-state index in [1.165, 1.54) is 7.11 Å². The topological polar surface area (TPSA) is 79.5 Å². The van der Waals surface area contributed by atoms with Gasteiger partial charge in [0.2, 0.25) is 6.41 Å². The molecule has 0 saturated carbocycles. The summed E-state index contributed by atoms with van der Waals surface area (Å²) < 4.78 is 5.11. The van der Waals surface area contributed by atoms with Gasteiger partial charge in [-0.25, -0.2) is 4.79 Å². The number of rotatable bonds is 7. The number of hydrogen-bond acceptors (Lipinski definition) is 3. The van der Waals surface area contributed by atoms with Crippen LogP contribution in [-0.4, -0.2) is 32.6 Å². The van der Waals surface area contributed by atoms with Crippen LogP contribution in [0.15, 0.2) is 18.2 Å². The number of hydrogen-bond donors (Lipinski definition) is 3. The van der Waals surface area contributed by atoms with Crippen LogP contribution in [0.3, 0.4) is 0 Å². The van der Waals surface area contributed by atoms with Gasteiger partial charge in [0.05, 0.1) is 12.8 Å². The summed E-state index contributed by atoms with van der Waals surface area (Å²) >= 11 is 5.85. The number of amides is 3. The van der Waals surface area contributed by atoms with Crippen LogP contribution in [0, 0.1) is 0 Å². The molecule has 0 aromatic heterocycles. The average molecular weight is 286 g/mol. The van der Waals surface area contributed by atoms with E-state index < -0.39 is 0 Å². The van der Waals surface area contributed by atoms with Gasteiger partial charge in [-0.1, -0.05) is 11.6 Å². The molecule has 3 N–H and O–H groups in total. The Morgan fingerprint density at radius 3 is 2.89 bits per heavy atom. The molecule has 7 heteroatoms. The van der Waals surface area contributed by atoms with Gasteiger partial charge in [-0.2, -0.15) is 0 Å². The molecular weight excluding hydrogens is 270 g/mol. The lowest BCUT2D eigenvalue weighted by Crippen LogP contribution is -2.31. The van der Waals surface area contributed by atoms with E-state index in [-0.39, 0.29) is 6.03 Å². The Hall–Kier alpha value is -1.95. The Morgan fingerprint density at radius 2 is 2.21 bits per heavy atom. The Morgan fingerprint density at radius 1 is 1.42 bits per heavy atom. The van der Waals surface area contributed by atoms with Crippen molar-refractivity contribution < 1.29 is 14.3 Å². The molecule has 19 heavy (non-hydrogen) atoms. The third-order valence-electron chi connectivity index (χ3n) is 2.28. The van der Waals surface area contributed by atoms with Gasteiger partial charge in [0, 0.05) is 18.1 Å². The van der Waals surface area contributed by atoms with Crippen LogP contribution < -0.4 is 20.7 Å². The van der Waals surface area contributed by atoms with E-state index in [1.807, 2.05) is 0 Å². The number of anilines is 1. The van der Waals surface area contributed by atoms with Crippen molar-refractivity contribution in [3.63, 3.8) is 0 Å². The number of halogens is 1. The minimum Gasteiger partial charge on any atom is -0.495 e. The number of urea groups is 1. The maximum Gasteiger partial charge on any atom is 0.319 e. The normalized spacial score (nSPS) is 9.58. The second-order valence-electron chi connectivity index (χ2n) is 3.65. The van der Waals surface area contributed by atoms with Crippen LogP contribution >= 0.6 is 11.6 Å². The standard InChI is InChI=1S/C12H16ClN3O3/c1-19-11-4-3-9(13)7-10(11)16-12(18)15-6-2-5-14-8-17/h3-4,7-8H,2,5-6H2,1H3,(H,14,17)(H2,15,16,18). The lowest BCUT2D eigenvalue weighted by atomic mass is 10.3. The third kappa shape index (κ3) is 5.48. The average Bonchev–Trinajstić information content (AvgIpc) is 2.39. The van der Waals surface area contributed by atoms with Crippen LogP contribution in [0.1, 0.15) is 6.42 Å². The predicted octanol–water partition coefficient (Wildman–Crippen LogP) is 1.61. The summed E-state index contributed by atoms with van der Waals surface area (Å²) in [4.78, 5) is 21.6. The molecule has 0 atom stereocenters. The van der Waals surface area contributed by atoms with Crippen molar-refractivity contribution >= 4 is 29.7 Å². The molecule has 0 heterocycles. The first-order valence-corrected chi connectivity index (χ1v) is 6.10. The molecule has 104 valence electrons. The van der Waals surface area contributed by atoms with E-state index >= 15 is 0 Å². The number of carbonyl (C=O) groups is 2. The summed E-state index contributed by atoms with van der Waals surface area (Å²) in [6.07, 6.45) is 1.27. The van der Waals surface area contributed by atoms with Crippen LogP contribution in [0.25, 0.3) is 0 Å². The SMILES string of the molecule is COc1ccc(Cl)cc1NC(=O)NCCCNC=O. The maximum atomic E-state index is 11.6. The van der Waals surface area contributed by atoms with Crippen molar-refractivity contribution in [3.05, 3.63) is 23.2 Å². The molecule has 0 fully saturated rings. The monoisotopic (exact) mass is 285 g/mol. The lowest BCUT2D eigenvalue weighted by molar-refractivity contribution is -0.109. The number of nitrogens with one attached hydrogen (secondary N) is 3. The summed E-state index contributed by atoms with van der Waals surface area (Å²) in [6, 6.07) is 4.60. The van der Waals surface area contributed by atoms with E-state index in [0.717, 1.165) is 0 Å². The molecule has 3 amide bonds. The van der Waals surface area contributed by atoms with Crippen molar-refractivity contribution in [1.29, 1.82) is 0 Å². The zero-order valence-corrected chi connectivity index (χ0v) is 11.3. The summed E-state index contributed by atoms with van der Waals surface area (Å²) in [5.41, 5.74) is 0.499. The molecule has 0 aliphatic rings. The van der Waals surface area contributed by atoms with Gasteiger partial charge >= 0.3 is 6.03 Å². The molecule has 0 aliphatic heterocycles. The van der Waals surface area contributed by atoms with Crippen LogP contribution in [0.2, 0.25) is 5.02 Å². The van der Waals surface area contributed by atoms with Crippen LogP contribution in [-0.2, 0) is 4.79 Å². The number of benzene rings is 1. The molecule has 0 bridgehead atoms. The fourth-order valence-corrected chi connectivity index (χ4v) is 1.57. The first-order chi connectivity index (χ1) is 9.17. The Labute approximate surface area is 116 Å². The van der Waals surface area contributed by atoms with E-state index in [0.29, 0.717) is 42.4 Å². The van der Waals surface area contributed by atoms with Gasteiger partial charge in [0.15, 0.2) is 0 Å². The highest BCUT2D eigenvalue weighted by molar-refractivity contribution is 6.31. The largest absolute Gasteiger partial charge is 0.495 e. The Bertz CT molecular complexity index is 440. The summed E-state index contributed by atoms with van der Waals surface area (Å²) in [6.45, 7) is 0.972. The van der Waals surface area contributed by atoms with E-state index in [4.69, 9.17) is 16.3 Å². The maximum absolute atomic E-state index is 11.6. The molecule has 1 rings (SSSR count). The number of methoxy groups -OCH3 is 1. The minimum absolute atomic E-state index is 0.355. The minimum atomic E-state index is -0.355. The van der Waals surface area contributed by atoms with Gasteiger partial charge < -0.3 is 20.7 Å². The highest BCUT2D eigenvalue weighted by Gasteiger charge is 2.07. The van der Waals surface area contributed by atoms with Crippen molar-refractivity contribution in [3.8, 4) is 5.75 Å². The predicted molar refractivity (Wildman–Crippen MR) is 73.7 cm³/mol. The second-order valence-corrected chi connectivity index (χ2v) is 4.09. The van der Waals surface area contributed by atoms with E-state index in [1.54, 1.807) is 18.2 Å². The lowest BCUT2D eigenvalue weighted by Gasteiger charge is -2.11. The molecule has 0 spiro atoms. The zero-order valence-electron chi connectivity index (χ0n) is 10.5. The van der Waals surface area contributed by atoms with Gasteiger partial charge in [0.1, 0.15) is 5.75 Å². The van der Waals surface area contributed by atoms with Crippen LogP contribution in [0.4, 0.5) is 10.5 Å². The van der Waals surface area contributed by atoms with E-state index in [9.17, 15) is 9.59 Å². The van der Waals surface area contributed by atoms with E-state index in [2.05, 4.69) is 16.0 Å². The molecule has 0 unspecified atom stereocenters. The first-order valence-electron chi connectivity index (χ1n) is 5.72. The summed E-state index contributed by atoms with van der Waals surface area (Å²) in [5.74, 6) is 0.530. The molecule has 6 nitrogen and oxygen atoms in total. The molecule has 0 saturated heterocycles. The molecular formula is C12H16ClN3O3. The Kier molecular flexibility index (Phi) is 6.52. The smallest absolute Gasteiger partial charge is 0.319 e. The highest BCUT2D eigenvalue weighted by Crippen LogP contribution is 2.27. The summed E-state index contributed by atoms with van der Waals surface area (Å²) in [5, 5.41) is 8.31. The fraction of sp³-hybridized carbons (Fsp3) is 0.333. The first kappa shape index (κ1) is 15.1. The van der Waals surface area contributed by atoms with Crippen molar-refractivity contribution in [1.82, 2.24) is 10.6 Å². The van der Waals surface area contributed by atoms with Crippen molar-refractivity contribution in [2.45, 2.75) is 6.42 Å². The second kappa shape index (κ2) is 8.20. The van der Waals surface area contributed by atoms with Crippen molar-refractivity contribution in [2.24, 2.45) is 0 Å². The van der Waals surface area contributed by atoms with Gasteiger partial charge in [-0.15, -0.1) is 0 Å². The van der Waals surface area contributed by atoms with Crippen LogP contribution in [0.5, 0.6) is 5.75 Å². The molecule has 0 radical (unpaired) electrons. The Balaban J connectivity index is 2.43. The summed E-state index contributed by atoms with van der Waals surface area (Å²) in [7, 11) is 1.51. The van der Waals surface area contributed by atoms with Gasteiger partial charge in [0.25, 0.3) is 0 Å². The molecule has 1 aromatic carbocycles. The molecule has 1 aromatic rings. The quantitative estimate of drug-likeness (QED) is 0.526. The number of carbonyl (C=O) groups excluding carboxylic acids is 2. The fourth-order valence-electron chi connectivity index (χ4n) is 1.40.